The van der Waals surface area contributed by atoms with Crippen molar-refractivity contribution in [1.29, 1.82) is 0 Å². The number of allylic oxidation sites excluding steroid dienone is 9. The van der Waals surface area contributed by atoms with Gasteiger partial charge in [-0.1, -0.05) is 122 Å². The SMILES string of the molecule is C=Cc1c(/C=C\C)n(C2=CC=C(/C=C\C=C/C)CC2)c2ccc(-c3nc(-n4c5ccccc5c5c6ccccc6ccc54)nc4ccccc34)cc12. The molecule has 9 rings (SSSR count). The van der Waals surface area contributed by atoms with Gasteiger partial charge in [0.2, 0.25) is 5.95 Å². The van der Waals surface area contributed by atoms with Gasteiger partial charge in [-0.3, -0.25) is 4.57 Å². The average molecular weight is 671 g/mol. The van der Waals surface area contributed by atoms with Gasteiger partial charge in [0.05, 0.1) is 33.5 Å². The minimum atomic E-state index is 0.657. The van der Waals surface area contributed by atoms with Crippen molar-refractivity contribution in [2.75, 3.05) is 0 Å². The number of nitrogens with zero attached hydrogens (tertiary/aromatic N) is 4. The summed E-state index contributed by atoms with van der Waals surface area (Å²) in [6.07, 6.45) is 21.2. The van der Waals surface area contributed by atoms with Crippen LogP contribution < -0.4 is 0 Å². The standard InChI is InChI=1S/C48H38N4/c1-4-7-8-16-32-23-27-35(28-24-32)51-42(15-5-2)36(6-3)40-31-34(26-29-44(40)51)47-38-19-11-13-21-41(38)49-48(50-47)52-43-22-14-12-20-39(43)46-37-18-10-9-17-33(37)25-30-45(46)52/h4-23,25-27,29-31H,3,24,28H2,1-2H3/b7-4-,15-5-,16-8-. The Balaban J connectivity index is 1.27. The van der Waals surface area contributed by atoms with Gasteiger partial charge in [-0.15, -0.1) is 0 Å². The Morgan fingerprint density at radius 2 is 1.40 bits per heavy atom. The molecule has 5 aromatic carbocycles. The molecule has 0 radical (unpaired) electrons. The number of fused-ring (bicyclic) bond motifs is 7. The van der Waals surface area contributed by atoms with E-state index < -0.39 is 0 Å². The molecular formula is C48H38N4. The van der Waals surface area contributed by atoms with Crippen LogP contribution >= 0.6 is 0 Å². The lowest BCUT2D eigenvalue weighted by molar-refractivity contribution is 0.931. The molecule has 0 fully saturated rings. The monoisotopic (exact) mass is 670 g/mol. The Kier molecular flexibility index (Phi) is 7.85. The molecule has 0 unspecified atom stereocenters. The van der Waals surface area contributed by atoms with E-state index in [0.29, 0.717) is 5.95 Å². The van der Waals surface area contributed by atoms with Crippen LogP contribution in [0.3, 0.4) is 0 Å². The van der Waals surface area contributed by atoms with Crippen LogP contribution in [-0.4, -0.2) is 19.1 Å². The first-order valence-corrected chi connectivity index (χ1v) is 18.0. The number of rotatable bonds is 7. The second-order valence-electron chi connectivity index (χ2n) is 13.3. The summed E-state index contributed by atoms with van der Waals surface area (Å²) < 4.78 is 4.64. The summed E-state index contributed by atoms with van der Waals surface area (Å²) in [7, 11) is 0. The maximum Gasteiger partial charge on any atom is 0.235 e. The molecule has 1 aliphatic carbocycles. The van der Waals surface area contributed by atoms with Crippen LogP contribution in [0, 0.1) is 0 Å². The lowest BCUT2D eigenvalue weighted by Gasteiger charge is -2.17. The van der Waals surface area contributed by atoms with Crippen molar-refractivity contribution < 1.29 is 0 Å². The molecule has 52 heavy (non-hydrogen) atoms. The first-order chi connectivity index (χ1) is 25.7. The second kappa shape index (κ2) is 13.0. The van der Waals surface area contributed by atoms with E-state index in [0.717, 1.165) is 68.2 Å². The Labute approximate surface area is 303 Å². The Hall–Kier alpha value is -6.52. The fourth-order valence-electron chi connectivity index (χ4n) is 7.93. The molecular weight excluding hydrogens is 633 g/mol. The molecule has 0 aliphatic heterocycles. The van der Waals surface area contributed by atoms with Gasteiger partial charge in [0.25, 0.3) is 0 Å². The molecule has 250 valence electrons. The first-order valence-electron chi connectivity index (χ1n) is 18.0. The Morgan fingerprint density at radius 3 is 2.21 bits per heavy atom. The molecule has 0 saturated heterocycles. The van der Waals surface area contributed by atoms with Crippen LogP contribution in [0.4, 0.5) is 0 Å². The van der Waals surface area contributed by atoms with Gasteiger partial charge in [0.1, 0.15) is 0 Å². The lowest BCUT2D eigenvalue weighted by atomic mass is 10.0. The number of para-hydroxylation sites is 2. The van der Waals surface area contributed by atoms with E-state index in [-0.39, 0.29) is 0 Å². The zero-order chi connectivity index (χ0) is 35.2. The second-order valence-corrected chi connectivity index (χ2v) is 13.3. The van der Waals surface area contributed by atoms with Gasteiger partial charge in [-0.2, -0.15) is 0 Å². The first kappa shape index (κ1) is 31.5. The fourth-order valence-corrected chi connectivity index (χ4v) is 7.93. The number of benzene rings is 5. The van der Waals surface area contributed by atoms with Gasteiger partial charge in [0.15, 0.2) is 0 Å². The van der Waals surface area contributed by atoms with Crippen LogP contribution in [0.25, 0.3) is 89.4 Å². The summed E-state index contributed by atoms with van der Waals surface area (Å²) in [5.74, 6) is 0.657. The molecule has 4 nitrogen and oxygen atoms in total. The van der Waals surface area contributed by atoms with Crippen molar-refractivity contribution in [3.8, 4) is 17.2 Å². The van der Waals surface area contributed by atoms with E-state index in [1.807, 2.05) is 13.0 Å². The third kappa shape index (κ3) is 5.06. The van der Waals surface area contributed by atoms with Crippen LogP contribution in [0.1, 0.15) is 37.9 Å². The molecule has 0 spiro atoms. The van der Waals surface area contributed by atoms with E-state index in [2.05, 4.69) is 174 Å². The summed E-state index contributed by atoms with van der Waals surface area (Å²) >= 11 is 0. The van der Waals surface area contributed by atoms with Crippen molar-refractivity contribution in [1.82, 2.24) is 19.1 Å². The normalized spacial score (nSPS) is 13.9. The zero-order valence-electron chi connectivity index (χ0n) is 29.4. The fraction of sp³-hybridized carbons (Fsp3) is 0.0833. The van der Waals surface area contributed by atoms with Crippen LogP contribution in [0.15, 0.2) is 158 Å². The molecule has 4 heteroatoms. The van der Waals surface area contributed by atoms with E-state index in [1.165, 1.54) is 32.8 Å². The maximum atomic E-state index is 5.43. The van der Waals surface area contributed by atoms with Gasteiger partial charge in [-0.05, 0) is 85.5 Å². The van der Waals surface area contributed by atoms with E-state index in [1.54, 1.807) is 0 Å². The van der Waals surface area contributed by atoms with Gasteiger partial charge >= 0.3 is 0 Å². The van der Waals surface area contributed by atoms with Crippen molar-refractivity contribution in [3.63, 3.8) is 0 Å². The van der Waals surface area contributed by atoms with Crippen molar-refractivity contribution >= 4 is 72.2 Å². The van der Waals surface area contributed by atoms with Crippen LogP contribution in [-0.2, 0) is 0 Å². The third-order valence-corrected chi connectivity index (χ3v) is 10.3. The van der Waals surface area contributed by atoms with Gasteiger partial charge in [0, 0.05) is 38.4 Å². The predicted octanol–water partition coefficient (Wildman–Crippen LogP) is 12.9. The summed E-state index contributed by atoms with van der Waals surface area (Å²) in [4.78, 5) is 10.6. The minimum Gasteiger partial charge on any atom is -0.313 e. The van der Waals surface area contributed by atoms with E-state index in [9.17, 15) is 0 Å². The molecule has 3 heterocycles. The topological polar surface area (TPSA) is 35.6 Å². The van der Waals surface area contributed by atoms with Gasteiger partial charge < -0.3 is 4.57 Å². The molecule has 0 N–H and O–H groups in total. The summed E-state index contributed by atoms with van der Waals surface area (Å²) in [6, 6.07) is 36.7. The molecule has 0 saturated carbocycles. The van der Waals surface area contributed by atoms with E-state index in [4.69, 9.17) is 9.97 Å². The summed E-state index contributed by atoms with van der Waals surface area (Å²) in [6.45, 7) is 8.41. The highest BCUT2D eigenvalue weighted by Crippen LogP contribution is 2.40. The van der Waals surface area contributed by atoms with Crippen molar-refractivity contribution in [2.45, 2.75) is 26.7 Å². The highest BCUT2D eigenvalue weighted by Gasteiger charge is 2.21. The molecule has 1 aliphatic rings. The molecule has 8 aromatic rings. The lowest BCUT2D eigenvalue weighted by Crippen LogP contribution is -2.04. The molecule has 3 aromatic heterocycles. The minimum absolute atomic E-state index is 0.657. The number of aromatic nitrogens is 4. The van der Waals surface area contributed by atoms with Crippen molar-refractivity contribution in [3.05, 3.63) is 169 Å². The van der Waals surface area contributed by atoms with Crippen LogP contribution in [0.2, 0.25) is 0 Å². The molecule has 0 amide bonds. The molecule has 0 bridgehead atoms. The quantitative estimate of drug-likeness (QED) is 0.158. The number of hydrogen-bond donors (Lipinski definition) is 0. The maximum absolute atomic E-state index is 5.43. The predicted molar refractivity (Wildman–Crippen MR) is 223 cm³/mol. The number of hydrogen-bond acceptors (Lipinski definition) is 2. The van der Waals surface area contributed by atoms with E-state index >= 15 is 0 Å². The van der Waals surface area contributed by atoms with Crippen LogP contribution in [0.5, 0.6) is 0 Å². The smallest absolute Gasteiger partial charge is 0.235 e. The van der Waals surface area contributed by atoms with Gasteiger partial charge in [-0.25, -0.2) is 9.97 Å². The third-order valence-electron chi connectivity index (χ3n) is 10.3. The Bertz CT molecular complexity index is 2880. The summed E-state index contributed by atoms with van der Waals surface area (Å²) in [5, 5.41) is 7.02. The summed E-state index contributed by atoms with van der Waals surface area (Å²) in [5.41, 5.74) is 11.1. The highest BCUT2D eigenvalue weighted by atomic mass is 15.2. The molecule has 0 atom stereocenters. The highest BCUT2D eigenvalue weighted by molar-refractivity contribution is 6.21. The average Bonchev–Trinajstić information content (AvgIpc) is 3.70. The zero-order valence-corrected chi connectivity index (χ0v) is 29.4. The van der Waals surface area contributed by atoms with Crippen molar-refractivity contribution in [2.24, 2.45) is 0 Å². The Morgan fingerprint density at radius 1 is 0.635 bits per heavy atom. The largest absolute Gasteiger partial charge is 0.313 e.